The molecule has 2 aliphatic rings. The van der Waals surface area contributed by atoms with Crippen LogP contribution in [0.15, 0.2) is 47.1 Å². The summed E-state index contributed by atoms with van der Waals surface area (Å²) in [4.78, 5) is 2.57. The monoisotopic (exact) mass is 435 g/mol. The van der Waals surface area contributed by atoms with Crippen molar-refractivity contribution in [1.82, 2.24) is 4.90 Å². The van der Waals surface area contributed by atoms with Gasteiger partial charge in [-0.2, -0.15) is 13.2 Å². The summed E-state index contributed by atoms with van der Waals surface area (Å²) in [5.74, 6) is 0. The standard InChI is InChI=1S/C26H36F3NO/c1-18(2)14-22(30-13-7-6-8-19(17-30)23-15-24(23)31-5)16-25(3,4)20-9-11-21(12-10-20)26(27,28)29/h9-12,14,22,24H,6-8,13,15-17H2,1-5H3/b23-19+. The molecule has 2 fully saturated rings. The minimum Gasteiger partial charge on any atom is -0.377 e. The maximum atomic E-state index is 13.0. The van der Waals surface area contributed by atoms with E-state index in [1.54, 1.807) is 19.2 Å². The van der Waals surface area contributed by atoms with Crippen LogP contribution >= 0.6 is 0 Å². The van der Waals surface area contributed by atoms with E-state index in [-0.39, 0.29) is 11.5 Å². The molecule has 1 aliphatic heterocycles. The number of halogens is 3. The molecular formula is C26H36F3NO. The van der Waals surface area contributed by atoms with E-state index in [1.807, 2.05) is 0 Å². The number of ether oxygens (including phenoxy) is 1. The molecule has 0 radical (unpaired) electrons. The maximum Gasteiger partial charge on any atom is 0.416 e. The Hall–Kier alpha value is -1.59. The van der Waals surface area contributed by atoms with Crippen molar-refractivity contribution in [2.75, 3.05) is 20.2 Å². The number of likely N-dealkylation sites (tertiary alicyclic amines) is 1. The van der Waals surface area contributed by atoms with Crippen LogP contribution in [-0.4, -0.2) is 37.2 Å². The fourth-order valence-corrected chi connectivity index (χ4v) is 4.77. The van der Waals surface area contributed by atoms with E-state index in [4.69, 9.17) is 4.74 Å². The highest BCUT2D eigenvalue weighted by Crippen LogP contribution is 2.39. The molecule has 172 valence electrons. The molecule has 2 unspecified atom stereocenters. The third-order valence-corrected chi connectivity index (χ3v) is 6.65. The lowest BCUT2D eigenvalue weighted by Gasteiger charge is -2.36. The highest BCUT2D eigenvalue weighted by molar-refractivity contribution is 5.34. The average Bonchev–Trinajstić information content (AvgIpc) is 3.49. The number of hydrogen-bond acceptors (Lipinski definition) is 2. The molecule has 2 nitrogen and oxygen atoms in total. The molecule has 1 aromatic rings. The Morgan fingerprint density at radius 3 is 2.32 bits per heavy atom. The van der Waals surface area contributed by atoms with Crippen LogP contribution in [0.4, 0.5) is 13.2 Å². The minimum atomic E-state index is -4.30. The molecule has 1 aliphatic carbocycles. The number of alkyl halides is 3. The number of allylic oxidation sites excluding steroid dienone is 1. The van der Waals surface area contributed by atoms with Gasteiger partial charge in [-0.1, -0.05) is 43.2 Å². The van der Waals surface area contributed by atoms with Gasteiger partial charge in [-0.15, -0.1) is 0 Å². The van der Waals surface area contributed by atoms with Gasteiger partial charge in [0, 0.05) is 26.1 Å². The van der Waals surface area contributed by atoms with E-state index in [2.05, 4.69) is 38.7 Å². The van der Waals surface area contributed by atoms with Gasteiger partial charge in [0.2, 0.25) is 0 Å². The van der Waals surface area contributed by atoms with E-state index < -0.39 is 11.7 Å². The fraction of sp³-hybridized carbons (Fsp3) is 0.615. The van der Waals surface area contributed by atoms with Crippen LogP contribution in [0.5, 0.6) is 0 Å². The second-order valence-corrected chi connectivity index (χ2v) is 9.96. The topological polar surface area (TPSA) is 12.5 Å². The Bertz CT molecular complexity index is 816. The number of methoxy groups -OCH3 is 1. The Morgan fingerprint density at radius 2 is 1.77 bits per heavy atom. The molecule has 5 heteroatoms. The van der Waals surface area contributed by atoms with Crippen molar-refractivity contribution >= 4 is 0 Å². The van der Waals surface area contributed by atoms with Crippen LogP contribution in [0.1, 0.15) is 70.9 Å². The molecule has 0 bridgehead atoms. The zero-order valence-corrected chi connectivity index (χ0v) is 19.5. The zero-order valence-electron chi connectivity index (χ0n) is 19.5. The first-order valence-corrected chi connectivity index (χ1v) is 11.3. The summed E-state index contributed by atoms with van der Waals surface area (Å²) in [6.45, 7) is 10.5. The second-order valence-electron chi connectivity index (χ2n) is 9.96. The molecule has 31 heavy (non-hydrogen) atoms. The third kappa shape index (κ3) is 6.23. The number of rotatable bonds is 6. The number of nitrogens with zero attached hydrogens (tertiary/aromatic N) is 1. The number of hydrogen-bond donors (Lipinski definition) is 0. The Labute approximate surface area is 185 Å². The van der Waals surface area contributed by atoms with E-state index in [0.29, 0.717) is 6.10 Å². The van der Waals surface area contributed by atoms with Crippen molar-refractivity contribution < 1.29 is 17.9 Å². The first-order valence-electron chi connectivity index (χ1n) is 11.3. The predicted octanol–water partition coefficient (Wildman–Crippen LogP) is 6.91. The largest absolute Gasteiger partial charge is 0.416 e. The number of benzene rings is 1. The molecule has 0 amide bonds. The highest BCUT2D eigenvalue weighted by Gasteiger charge is 2.36. The van der Waals surface area contributed by atoms with Gasteiger partial charge >= 0.3 is 6.18 Å². The molecule has 1 saturated heterocycles. The van der Waals surface area contributed by atoms with Crippen molar-refractivity contribution in [3.05, 3.63) is 58.2 Å². The lowest BCUT2D eigenvalue weighted by atomic mass is 9.78. The molecule has 2 atom stereocenters. The van der Waals surface area contributed by atoms with E-state index in [9.17, 15) is 13.2 Å². The summed E-state index contributed by atoms with van der Waals surface area (Å²) >= 11 is 0. The van der Waals surface area contributed by atoms with Crippen LogP contribution in [0.2, 0.25) is 0 Å². The van der Waals surface area contributed by atoms with Crippen LogP contribution < -0.4 is 0 Å². The summed E-state index contributed by atoms with van der Waals surface area (Å²) < 4.78 is 44.5. The normalized spacial score (nSPS) is 23.9. The first-order chi connectivity index (χ1) is 14.5. The van der Waals surface area contributed by atoms with Gasteiger partial charge in [-0.05, 0) is 74.8 Å². The van der Waals surface area contributed by atoms with Gasteiger partial charge in [0.15, 0.2) is 0 Å². The van der Waals surface area contributed by atoms with Crippen molar-refractivity contribution in [2.45, 2.75) is 83.5 Å². The molecule has 0 N–H and O–H groups in total. The van der Waals surface area contributed by atoms with Crippen molar-refractivity contribution in [2.24, 2.45) is 0 Å². The van der Waals surface area contributed by atoms with E-state index in [0.717, 1.165) is 37.9 Å². The lowest BCUT2D eigenvalue weighted by Crippen LogP contribution is -2.39. The zero-order chi connectivity index (χ0) is 22.8. The van der Waals surface area contributed by atoms with Crippen molar-refractivity contribution in [1.29, 1.82) is 0 Å². The Morgan fingerprint density at radius 1 is 1.13 bits per heavy atom. The molecule has 0 spiro atoms. The SMILES string of the molecule is COC1C/C1=C1/CCCCN(C(C=C(C)C)CC(C)(C)c2ccc(C(F)(F)F)cc2)C1. The molecular weight excluding hydrogens is 399 g/mol. The minimum absolute atomic E-state index is 0.241. The summed E-state index contributed by atoms with van der Waals surface area (Å²) in [5, 5.41) is 0. The lowest BCUT2D eigenvalue weighted by molar-refractivity contribution is -0.137. The van der Waals surface area contributed by atoms with Crippen LogP contribution in [0.25, 0.3) is 0 Å². The first kappa shape index (κ1) is 24.1. The van der Waals surface area contributed by atoms with Gasteiger partial charge < -0.3 is 4.74 Å². The summed E-state index contributed by atoms with van der Waals surface area (Å²) in [6, 6.07) is 5.95. The maximum absolute atomic E-state index is 13.0. The van der Waals surface area contributed by atoms with Gasteiger partial charge in [0.25, 0.3) is 0 Å². The van der Waals surface area contributed by atoms with Crippen LogP contribution in [0.3, 0.4) is 0 Å². The fourth-order valence-electron chi connectivity index (χ4n) is 4.77. The van der Waals surface area contributed by atoms with Crippen LogP contribution in [0, 0.1) is 0 Å². The van der Waals surface area contributed by atoms with E-state index in [1.165, 1.54) is 41.7 Å². The second kappa shape index (κ2) is 9.50. The Kier molecular flexibility index (Phi) is 7.37. The average molecular weight is 436 g/mol. The summed E-state index contributed by atoms with van der Waals surface area (Å²) in [6.07, 6.45) is 3.78. The quantitative estimate of drug-likeness (QED) is 0.450. The molecule has 1 saturated carbocycles. The summed E-state index contributed by atoms with van der Waals surface area (Å²) in [5.41, 5.74) is 4.40. The van der Waals surface area contributed by atoms with Gasteiger partial charge in [0.05, 0.1) is 11.7 Å². The van der Waals surface area contributed by atoms with Gasteiger partial charge in [-0.25, -0.2) is 0 Å². The third-order valence-electron chi connectivity index (χ3n) is 6.65. The highest BCUT2D eigenvalue weighted by atomic mass is 19.4. The van der Waals surface area contributed by atoms with Crippen LogP contribution in [-0.2, 0) is 16.3 Å². The molecule has 3 rings (SSSR count). The van der Waals surface area contributed by atoms with Gasteiger partial charge in [-0.3, -0.25) is 4.90 Å². The van der Waals surface area contributed by atoms with Crippen molar-refractivity contribution in [3.63, 3.8) is 0 Å². The Balaban J connectivity index is 1.82. The smallest absolute Gasteiger partial charge is 0.377 e. The molecule has 1 heterocycles. The van der Waals surface area contributed by atoms with E-state index >= 15 is 0 Å². The molecule has 1 aromatic carbocycles. The summed E-state index contributed by atoms with van der Waals surface area (Å²) in [7, 11) is 1.78. The van der Waals surface area contributed by atoms with Gasteiger partial charge in [0.1, 0.15) is 0 Å². The molecule has 0 aromatic heterocycles. The predicted molar refractivity (Wildman–Crippen MR) is 120 cm³/mol. The van der Waals surface area contributed by atoms with Crippen molar-refractivity contribution in [3.8, 4) is 0 Å².